The molecular formula is C20H21F3N4O2S. The first-order chi connectivity index (χ1) is 14.4. The molecule has 0 saturated heterocycles. The van der Waals surface area contributed by atoms with Gasteiger partial charge in [-0.25, -0.2) is 9.98 Å². The molecule has 0 aliphatic rings. The molecule has 0 radical (unpaired) electrons. The Kier molecular flexibility index (Phi) is 7.34. The van der Waals surface area contributed by atoms with Crippen LogP contribution in [0.4, 0.5) is 13.2 Å². The van der Waals surface area contributed by atoms with Gasteiger partial charge in [0, 0.05) is 6.54 Å². The van der Waals surface area contributed by atoms with Crippen molar-refractivity contribution < 1.29 is 22.3 Å². The van der Waals surface area contributed by atoms with Gasteiger partial charge in [-0.3, -0.25) is 0 Å². The van der Waals surface area contributed by atoms with Crippen LogP contribution in [0.2, 0.25) is 0 Å². The SMILES string of the molecule is CCNC(=NCc1ccc(OCC(F)(F)F)cc1)NCc1coc(-c2cccs2)n1. The summed E-state index contributed by atoms with van der Waals surface area (Å²) in [6.45, 7) is 2.11. The van der Waals surface area contributed by atoms with E-state index in [2.05, 4.69) is 20.6 Å². The van der Waals surface area contributed by atoms with Gasteiger partial charge in [0.1, 0.15) is 12.0 Å². The van der Waals surface area contributed by atoms with Crippen LogP contribution in [-0.2, 0) is 13.1 Å². The van der Waals surface area contributed by atoms with Gasteiger partial charge in [0.15, 0.2) is 12.6 Å². The van der Waals surface area contributed by atoms with Gasteiger partial charge in [-0.05, 0) is 36.1 Å². The molecule has 0 fully saturated rings. The van der Waals surface area contributed by atoms with E-state index in [1.54, 1.807) is 29.7 Å². The highest BCUT2D eigenvalue weighted by Gasteiger charge is 2.28. The van der Waals surface area contributed by atoms with Crippen molar-refractivity contribution in [3.05, 3.63) is 59.3 Å². The number of aliphatic imine (C=N–C) groups is 1. The zero-order valence-electron chi connectivity index (χ0n) is 16.2. The van der Waals surface area contributed by atoms with E-state index in [-0.39, 0.29) is 5.75 Å². The fourth-order valence-corrected chi connectivity index (χ4v) is 3.10. The van der Waals surface area contributed by atoms with E-state index in [0.29, 0.717) is 31.5 Å². The number of hydrogen-bond acceptors (Lipinski definition) is 5. The Balaban J connectivity index is 1.54. The van der Waals surface area contributed by atoms with Crippen LogP contribution in [0.25, 0.3) is 10.8 Å². The van der Waals surface area contributed by atoms with E-state index in [1.807, 2.05) is 24.4 Å². The van der Waals surface area contributed by atoms with Gasteiger partial charge in [0.05, 0.1) is 23.7 Å². The highest BCUT2D eigenvalue weighted by molar-refractivity contribution is 7.13. The van der Waals surface area contributed by atoms with Crippen LogP contribution in [-0.4, -0.2) is 30.3 Å². The lowest BCUT2D eigenvalue weighted by Crippen LogP contribution is -2.36. The van der Waals surface area contributed by atoms with Crippen LogP contribution in [0, 0.1) is 0 Å². The molecule has 0 unspecified atom stereocenters. The minimum absolute atomic E-state index is 0.165. The molecule has 2 heterocycles. The maximum atomic E-state index is 12.2. The molecule has 0 aliphatic carbocycles. The Hall–Kier alpha value is -3.01. The van der Waals surface area contributed by atoms with Crippen molar-refractivity contribution in [2.45, 2.75) is 26.2 Å². The van der Waals surface area contributed by atoms with Crippen molar-refractivity contribution in [3.8, 4) is 16.5 Å². The molecule has 6 nitrogen and oxygen atoms in total. The fraction of sp³-hybridized carbons (Fsp3) is 0.300. The summed E-state index contributed by atoms with van der Waals surface area (Å²) in [6, 6.07) is 10.2. The Labute approximate surface area is 175 Å². The van der Waals surface area contributed by atoms with Crippen LogP contribution >= 0.6 is 11.3 Å². The fourth-order valence-electron chi connectivity index (χ4n) is 2.44. The summed E-state index contributed by atoms with van der Waals surface area (Å²) in [5.74, 6) is 1.34. The van der Waals surface area contributed by atoms with Crippen molar-refractivity contribution in [1.29, 1.82) is 0 Å². The van der Waals surface area contributed by atoms with Gasteiger partial charge in [0.2, 0.25) is 5.89 Å². The monoisotopic (exact) mass is 438 g/mol. The van der Waals surface area contributed by atoms with Gasteiger partial charge in [-0.2, -0.15) is 13.2 Å². The van der Waals surface area contributed by atoms with Crippen LogP contribution in [0.3, 0.4) is 0 Å². The van der Waals surface area contributed by atoms with Gasteiger partial charge in [0.25, 0.3) is 0 Å². The minimum Gasteiger partial charge on any atom is -0.484 e. The number of alkyl halides is 3. The average Bonchev–Trinajstić information content (AvgIpc) is 3.40. The summed E-state index contributed by atoms with van der Waals surface area (Å²) in [5, 5.41) is 8.28. The maximum Gasteiger partial charge on any atom is 0.422 e. The lowest BCUT2D eigenvalue weighted by Gasteiger charge is -2.11. The minimum atomic E-state index is -4.36. The third-order valence-electron chi connectivity index (χ3n) is 3.81. The van der Waals surface area contributed by atoms with Crippen molar-refractivity contribution in [2.24, 2.45) is 4.99 Å². The first-order valence-corrected chi connectivity index (χ1v) is 10.1. The van der Waals surface area contributed by atoms with Crippen LogP contribution < -0.4 is 15.4 Å². The van der Waals surface area contributed by atoms with Crippen molar-refractivity contribution in [1.82, 2.24) is 15.6 Å². The topological polar surface area (TPSA) is 71.7 Å². The number of oxazole rings is 1. The third kappa shape index (κ3) is 6.80. The van der Waals surface area contributed by atoms with E-state index >= 15 is 0 Å². The Morgan fingerprint density at radius 3 is 2.67 bits per heavy atom. The molecule has 0 aliphatic heterocycles. The predicted molar refractivity (Wildman–Crippen MR) is 109 cm³/mol. The lowest BCUT2D eigenvalue weighted by molar-refractivity contribution is -0.153. The molecule has 0 bridgehead atoms. The summed E-state index contributed by atoms with van der Waals surface area (Å²) in [5.41, 5.74) is 1.59. The smallest absolute Gasteiger partial charge is 0.422 e. The molecular weight excluding hydrogens is 417 g/mol. The molecule has 160 valence electrons. The number of benzene rings is 1. The molecule has 0 atom stereocenters. The van der Waals surface area contributed by atoms with Crippen molar-refractivity contribution in [3.63, 3.8) is 0 Å². The molecule has 10 heteroatoms. The van der Waals surface area contributed by atoms with Gasteiger partial charge in [-0.15, -0.1) is 11.3 Å². The molecule has 2 N–H and O–H groups in total. The molecule has 0 amide bonds. The van der Waals surface area contributed by atoms with Crippen LogP contribution in [0.15, 0.2) is 57.5 Å². The van der Waals surface area contributed by atoms with Gasteiger partial charge in [-0.1, -0.05) is 18.2 Å². The average molecular weight is 438 g/mol. The number of nitrogens with one attached hydrogen (secondary N) is 2. The van der Waals surface area contributed by atoms with Crippen molar-refractivity contribution in [2.75, 3.05) is 13.2 Å². The quantitative estimate of drug-likeness (QED) is 0.397. The first kappa shape index (κ1) is 21.7. The van der Waals surface area contributed by atoms with Crippen molar-refractivity contribution >= 4 is 17.3 Å². The second-order valence-electron chi connectivity index (χ2n) is 6.22. The molecule has 1 aromatic carbocycles. The van der Waals surface area contributed by atoms with E-state index in [4.69, 9.17) is 9.15 Å². The summed E-state index contributed by atoms with van der Waals surface area (Å²) in [6.07, 6.45) is -2.75. The number of nitrogens with zero attached hydrogens (tertiary/aromatic N) is 2. The Morgan fingerprint density at radius 1 is 1.20 bits per heavy atom. The standard InChI is InChI=1S/C20H21F3N4O2S/c1-2-24-19(26-11-15-12-28-18(27-15)17-4-3-9-30-17)25-10-14-5-7-16(8-6-14)29-13-20(21,22)23/h3-9,12H,2,10-11,13H2,1H3,(H2,24,25,26). The molecule has 3 aromatic rings. The number of thiophene rings is 1. The first-order valence-electron chi connectivity index (χ1n) is 9.22. The zero-order valence-corrected chi connectivity index (χ0v) is 17.0. The number of hydrogen-bond donors (Lipinski definition) is 2. The largest absolute Gasteiger partial charge is 0.484 e. The Morgan fingerprint density at radius 2 is 2.00 bits per heavy atom. The van der Waals surface area contributed by atoms with E-state index in [0.717, 1.165) is 16.1 Å². The van der Waals surface area contributed by atoms with Crippen LogP contribution in [0.1, 0.15) is 18.2 Å². The molecule has 3 rings (SSSR count). The second kappa shape index (κ2) is 10.1. The normalized spacial score (nSPS) is 12.1. The number of rotatable bonds is 8. The molecule has 2 aromatic heterocycles. The molecule has 0 spiro atoms. The number of guanidine groups is 1. The summed E-state index contributed by atoms with van der Waals surface area (Å²) in [4.78, 5) is 9.90. The summed E-state index contributed by atoms with van der Waals surface area (Å²) < 4.78 is 46.8. The van der Waals surface area contributed by atoms with Gasteiger partial charge >= 0.3 is 6.18 Å². The van der Waals surface area contributed by atoms with Crippen LogP contribution in [0.5, 0.6) is 5.75 Å². The zero-order chi connectivity index (χ0) is 21.4. The lowest BCUT2D eigenvalue weighted by atomic mass is 10.2. The maximum absolute atomic E-state index is 12.2. The number of halogens is 3. The second-order valence-corrected chi connectivity index (χ2v) is 7.17. The van der Waals surface area contributed by atoms with E-state index in [1.165, 1.54) is 12.1 Å². The molecule has 0 saturated carbocycles. The van der Waals surface area contributed by atoms with E-state index < -0.39 is 12.8 Å². The highest BCUT2D eigenvalue weighted by Crippen LogP contribution is 2.23. The summed E-state index contributed by atoms with van der Waals surface area (Å²) in [7, 11) is 0. The summed E-state index contributed by atoms with van der Waals surface area (Å²) >= 11 is 1.56. The molecule has 30 heavy (non-hydrogen) atoms. The number of ether oxygens (including phenoxy) is 1. The third-order valence-corrected chi connectivity index (χ3v) is 4.67. The predicted octanol–water partition coefficient (Wildman–Crippen LogP) is 4.60. The van der Waals surface area contributed by atoms with Gasteiger partial charge < -0.3 is 19.8 Å². The van der Waals surface area contributed by atoms with E-state index in [9.17, 15) is 13.2 Å². The Bertz CT molecular complexity index is 938. The highest BCUT2D eigenvalue weighted by atomic mass is 32.1. The number of aromatic nitrogens is 1.